The summed E-state index contributed by atoms with van der Waals surface area (Å²) < 4.78 is 35.3. The van der Waals surface area contributed by atoms with E-state index in [4.69, 9.17) is 28.4 Å². The summed E-state index contributed by atoms with van der Waals surface area (Å²) in [6.45, 7) is 2.62. The molecule has 0 saturated carbocycles. The highest BCUT2D eigenvalue weighted by molar-refractivity contribution is 5.88. The van der Waals surface area contributed by atoms with Crippen LogP contribution in [0, 0.1) is 6.92 Å². The van der Waals surface area contributed by atoms with Gasteiger partial charge in [0.15, 0.2) is 23.0 Å². The van der Waals surface area contributed by atoms with Gasteiger partial charge in [0.2, 0.25) is 12.5 Å². The van der Waals surface area contributed by atoms with Crippen molar-refractivity contribution in [2.24, 2.45) is 4.99 Å². The lowest BCUT2D eigenvalue weighted by molar-refractivity contribution is 0.00576. The number of fused-ring (bicyclic) bond motifs is 2. The molecule has 0 bridgehead atoms. The van der Waals surface area contributed by atoms with Gasteiger partial charge in [0.25, 0.3) is 0 Å². The fourth-order valence-corrected chi connectivity index (χ4v) is 5.05. The minimum atomic E-state index is -0.268. The fraction of sp³-hybridized carbons (Fsp3) is 0.480. The van der Waals surface area contributed by atoms with Crippen molar-refractivity contribution in [1.82, 2.24) is 4.90 Å². The summed E-state index contributed by atoms with van der Waals surface area (Å²) in [5, 5.41) is 0. The van der Waals surface area contributed by atoms with Crippen LogP contribution in [0.1, 0.15) is 34.4 Å². The van der Waals surface area contributed by atoms with Crippen LogP contribution < -0.4 is 28.6 Å². The summed E-state index contributed by atoms with van der Waals surface area (Å²) in [5.74, 6) is 3.27. The number of hydrogen-bond acceptors (Lipinski definition) is 8. The van der Waals surface area contributed by atoms with Crippen molar-refractivity contribution < 1.29 is 28.4 Å². The molecular formula is C25H33N3O6. The van der Waals surface area contributed by atoms with Crippen LogP contribution in [0.15, 0.2) is 17.1 Å². The number of rotatable bonds is 8. The van der Waals surface area contributed by atoms with Gasteiger partial charge in [-0.1, -0.05) is 6.07 Å². The molecular weight excluding hydrogens is 438 g/mol. The highest BCUT2D eigenvalue weighted by Gasteiger charge is 2.41. The Kier molecular flexibility index (Phi) is 6.77. The molecule has 0 amide bonds. The van der Waals surface area contributed by atoms with Crippen LogP contribution in [0.4, 0.5) is 5.69 Å². The maximum absolute atomic E-state index is 6.42. The first-order chi connectivity index (χ1) is 16.4. The molecule has 0 radical (unpaired) electrons. The SMILES string of the molecule is CN=CN(C)c1c(C)c(C(C2OCc3c2ccc(OC)c3OC)N(C)C)c(OC)c2c1OCO2. The molecule has 0 N–H and O–H groups in total. The van der Waals surface area contributed by atoms with E-state index < -0.39 is 0 Å². The van der Waals surface area contributed by atoms with Gasteiger partial charge in [0.1, 0.15) is 6.10 Å². The van der Waals surface area contributed by atoms with E-state index in [-0.39, 0.29) is 18.9 Å². The summed E-state index contributed by atoms with van der Waals surface area (Å²) in [4.78, 5) is 8.27. The first-order valence-corrected chi connectivity index (χ1v) is 11.1. The zero-order valence-corrected chi connectivity index (χ0v) is 21.1. The van der Waals surface area contributed by atoms with Crippen LogP contribution in [0.3, 0.4) is 0 Å². The van der Waals surface area contributed by atoms with Gasteiger partial charge >= 0.3 is 0 Å². The standard InChI is InChI=1S/C25H33N3O6/c1-14-18(23(31-8)25-24(33-13-34-25)19(14)28(5)12-26-2)20(27(3)4)22-15-9-10-17(29-6)21(30-7)16(15)11-32-22/h9-10,12,20,22H,11,13H2,1-8H3. The number of ether oxygens (including phenoxy) is 6. The van der Waals surface area contributed by atoms with E-state index in [1.54, 1.807) is 34.7 Å². The molecule has 9 heteroatoms. The molecule has 2 aromatic carbocycles. The van der Waals surface area contributed by atoms with Crippen molar-refractivity contribution in [3.8, 4) is 28.7 Å². The largest absolute Gasteiger partial charge is 0.493 e. The van der Waals surface area contributed by atoms with Gasteiger partial charge in [0, 0.05) is 25.2 Å². The average molecular weight is 472 g/mol. The van der Waals surface area contributed by atoms with E-state index in [2.05, 4.69) is 22.9 Å². The molecule has 0 saturated heterocycles. The van der Waals surface area contributed by atoms with Crippen molar-refractivity contribution in [2.45, 2.75) is 25.7 Å². The number of nitrogens with zero attached hydrogens (tertiary/aromatic N) is 3. The Hall–Kier alpha value is -3.17. The number of methoxy groups -OCH3 is 3. The van der Waals surface area contributed by atoms with Crippen molar-refractivity contribution in [3.63, 3.8) is 0 Å². The van der Waals surface area contributed by atoms with E-state index >= 15 is 0 Å². The predicted molar refractivity (Wildman–Crippen MR) is 130 cm³/mol. The second kappa shape index (κ2) is 9.60. The normalized spacial score (nSPS) is 17.3. The molecule has 2 aliphatic heterocycles. The molecule has 2 heterocycles. The van der Waals surface area contributed by atoms with E-state index in [9.17, 15) is 0 Å². The summed E-state index contributed by atoms with van der Waals surface area (Å²) in [6, 6.07) is 3.79. The Morgan fingerprint density at radius 2 is 1.74 bits per heavy atom. The third-order valence-electron chi connectivity index (χ3n) is 6.42. The third kappa shape index (κ3) is 3.69. The van der Waals surface area contributed by atoms with Gasteiger partial charge in [-0.15, -0.1) is 0 Å². The number of aliphatic imine (C=N–C) groups is 1. The lowest BCUT2D eigenvalue weighted by atomic mass is 9.88. The quantitative estimate of drug-likeness (QED) is 0.426. The molecule has 0 aromatic heterocycles. The second-order valence-electron chi connectivity index (χ2n) is 8.48. The molecule has 184 valence electrons. The van der Waals surface area contributed by atoms with Crippen LogP contribution >= 0.6 is 0 Å². The third-order valence-corrected chi connectivity index (χ3v) is 6.42. The topological polar surface area (TPSA) is 74.2 Å². The minimum absolute atomic E-state index is 0.130. The van der Waals surface area contributed by atoms with Gasteiger partial charge in [-0.05, 0) is 38.2 Å². The van der Waals surface area contributed by atoms with Crippen molar-refractivity contribution >= 4 is 12.0 Å². The van der Waals surface area contributed by atoms with E-state index in [1.165, 1.54) is 0 Å². The highest BCUT2D eigenvalue weighted by atomic mass is 16.7. The van der Waals surface area contributed by atoms with E-state index in [0.29, 0.717) is 35.4 Å². The minimum Gasteiger partial charge on any atom is -0.493 e. The Morgan fingerprint density at radius 3 is 2.35 bits per heavy atom. The van der Waals surface area contributed by atoms with Gasteiger partial charge in [-0.3, -0.25) is 9.89 Å². The van der Waals surface area contributed by atoms with Crippen molar-refractivity contribution in [1.29, 1.82) is 0 Å². The Balaban J connectivity index is 1.94. The molecule has 2 aliphatic rings. The first kappa shape index (κ1) is 24.0. The van der Waals surface area contributed by atoms with Gasteiger partial charge in [-0.25, -0.2) is 0 Å². The first-order valence-electron chi connectivity index (χ1n) is 11.1. The lowest BCUT2D eigenvalue weighted by Gasteiger charge is -2.34. The predicted octanol–water partition coefficient (Wildman–Crippen LogP) is 3.72. The van der Waals surface area contributed by atoms with Crippen LogP contribution in [0.2, 0.25) is 0 Å². The molecule has 0 fully saturated rings. The van der Waals surface area contributed by atoms with Crippen LogP contribution in [0.25, 0.3) is 0 Å². The summed E-state index contributed by atoms with van der Waals surface area (Å²) in [6.07, 6.45) is 1.49. The van der Waals surface area contributed by atoms with Gasteiger partial charge in [0.05, 0.1) is 46.0 Å². The monoisotopic (exact) mass is 471 g/mol. The molecule has 0 spiro atoms. The van der Waals surface area contributed by atoms with Crippen LogP contribution in [-0.2, 0) is 11.3 Å². The van der Waals surface area contributed by atoms with Crippen LogP contribution in [-0.4, -0.2) is 67.6 Å². The van der Waals surface area contributed by atoms with E-state index in [1.807, 2.05) is 32.1 Å². The van der Waals surface area contributed by atoms with Crippen LogP contribution in [0.5, 0.6) is 28.7 Å². The molecule has 9 nitrogen and oxygen atoms in total. The molecule has 2 unspecified atom stereocenters. The van der Waals surface area contributed by atoms with Gasteiger partial charge in [-0.2, -0.15) is 0 Å². The molecule has 0 aliphatic carbocycles. The average Bonchev–Trinajstić information content (AvgIpc) is 3.46. The maximum Gasteiger partial charge on any atom is 0.231 e. The second-order valence-corrected chi connectivity index (χ2v) is 8.48. The zero-order chi connectivity index (χ0) is 24.6. The summed E-state index contributed by atoms with van der Waals surface area (Å²) in [5.41, 5.74) is 4.90. The lowest BCUT2D eigenvalue weighted by Crippen LogP contribution is -2.28. The number of benzene rings is 2. The summed E-state index contributed by atoms with van der Waals surface area (Å²) >= 11 is 0. The molecule has 4 rings (SSSR count). The number of hydrogen-bond donors (Lipinski definition) is 0. The maximum atomic E-state index is 6.42. The smallest absolute Gasteiger partial charge is 0.231 e. The number of likely N-dealkylation sites (N-methyl/N-ethyl adjacent to an activating group) is 1. The Morgan fingerprint density at radius 1 is 1.03 bits per heavy atom. The zero-order valence-electron chi connectivity index (χ0n) is 21.1. The Labute approximate surface area is 200 Å². The number of anilines is 1. The Bertz CT molecular complexity index is 1100. The molecule has 2 aromatic rings. The van der Waals surface area contributed by atoms with Crippen molar-refractivity contribution in [2.75, 3.05) is 61.2 Å². The molecule has 34 heavy (non-hydrogen) atoms. The highest BCUT2D eigenvalue weighted by Crippen LogP contribution is 2.57. The fourth-order valence-electron chi connectivity index (χ4n) is 5.05. The summed E-state index contributed by atoms with van der Waals surface area (Å²) in [7, 11) is 12.7. The van der Waals surface area contributed by atoms with Crippen molar-refractivity contribution in [3.05, 3.63) is 34.4 Å². The van der Waals surface area contributed by atoms with E-state index in [0.717, 1.165) is 27.9 Å². The van der Waals surface area contributed by atoms with Gasteiger partial charge < -0.3 is 33.3 Å². The molecule has 2 atom stereocenters.